The third-order valence-electron chi connectivity index (χ3n) is 1.17. The van der Waals surface area contributed by atoms with Gasteiger partial charge < -0.3 is 5.73 Å². The van der Waals surface area contributed by atoms with Crippen LogP contribution in [-0.4, -0.2) is 11.0 Å². The van der Waals surface area contributed by atoms with Gasteiger partial charge in [-0.2, -0.15) is 0 Å². The molecule has 2 nitrogen and oxygen atoms in total. The Morgan fingerprint density at radius 3 is 2.38 bits per heavy atom. The number of primary amides is 1. The van der Waals surface area contributed by atoms with Gasteiger partial charge in [0.25, 0.3) is 0 Å². The van der Waals surface area contributed by atoms with Gasteiger partial charge in [0.15, 0.2) is 5.13 Å². The second kappa shape index (κ2) is 1.35. The number of alkyl halides is 2. The average Bonchev–Trinajstić information content (AvgIpc) is 2.13. The molecule has 1 aliphatic rings. The van der Waals surface area contributed by atoms with Gasteiger partial charge in [-0.1, -0.05) is 11.6 Å². The number of nitrogens with two attached hydrogens (primary N) is 1. The van der Waals surface area contributed by atoms with Crippen molar-refractivity contribution in [1.29, 1.82) is 0 Å². The van der Waals surface area contributed by atoms with Gasteiger partial charge in [0, 0.05) is 6.42 Å². The van der Waals surface area contributed by atoms with Crippen molar-refractivity contribution in [2.24, 2.45) is 11.7 Å². The van der Waals surface area contributed by atoms with Crippen molar-refractivity contribution in [3.05, 3.63) is 0 Å². The monoisotopic (exact) mass is 137 g/mol. The van der Waals surface area contributed by atoms with E-state index in [-0.39, 0.29) is 6.42 Å². The Labute approximate surface area is 50.8 Å². The van der Waals surface area contributed by atoms with E-state index >= 15 is 0 Å². The van der Waals surface area contributed by atoms with Gasteiger partial charge >= 0.3 is 0 Å². The summed E-state index contributed by atoms with van der Waals surface area (Å²) in [7, 11) is 0. The third kappa shape index (κ3) is 0.777. The van der Waals surface area contributed by atoms with E-state index in [4.69, 9.17) is 17.3 Å². The highest BCUT2D eigenvalue weighted by atomic mass is 35.5. The molecule has 4 heteroatoms. The molecule has 0 aromatic carbocycles. The molecule has 1 aliphatic carbocycles. The first-order chi connectivity index (χ1) is 3.54. The summed E-state index contributed by atoms with van der Waals surface area (Å²) >= 11 is 5.03. The predicted molar refractivity (Wildman–Crippen MR) is 27.0 cm³/mol. The Morgan fingerprint density at radius 1 is 2.00 bits per heavy atom. The van der Waals surface area contributed by atoms with Crippen LogP contribution in [0.25, 0.3) is 0 Å². The van der Waals surface area contributed by atoms with Crippen molar-refractivity contribution < 1.29 is 9.18 Å². The van der Waals surface area contributed by atoms with Crippen LogP contribution in [0.2, 0.25) is 0 Å². The number of rotatable bonds is 1. The van der Waals surface area contributed by atoms with Gasteiger partial charge in [-0.15, -0.1) is 0 Å². The fourth-order valence-corrected chi connectivity index (χ4v) is 0.784. The number of carbonyl (C=O) groups excluding carboxylic acids is 1. The first-order valence-electron chi connectivity index (χ1n) is 2.21. The molecule has 0 aromatic heterocycles. The lowest BCUT2D eigenvalue weighted by Crippen LogP contribution is -2.16. The lowest BCUT2D eigenvalue weighted by atomic mass is 10.4. The van der Waals surface area contributed by atoms with Gasteiger partial charge in [0.05, 0.1) is 5.92 Å². The fourth-order valence-electron chi connectivity index (χ4n) is 0.522. The summed E-state index contributed by atoms with van der Waals surface area (Å²) in [6.07, 6.45) is 0.0733. The second-order valence-electron chi connectivity index (χ2n) is 1.92. The summed E-state index contributed by atoms with van der Waals surface area (Å²) in [4.78, 5) is 10.1. The SMILES string of the molecule is NC(=O)C1CC1(F)Cl. The van der Waals surface area contributed by atoms with Crippen LogP contribution < -0.4 is 5.73 Å². The quantitative estimate of drug-likeness (QED) is 0.523. The molecule has 0 aliphatic heterocycles. The molecule has 1 rings (SSSR count). The Kier molecular flexibility index (Phi) is 0.979. The molecule has 2 unspecified atom stereocenters. The van der Waals surface area contributed by atoms with Crippen LogP contribution in [0.1, 0.15) is 6.42 Å². The highest BCUT2D eigenvalue weighted by molar-refractivity contribution is 6.27. The molecule has 2 atom stereocenters. The maximum atomic E-state index is 12.2. The van der Waals surface area contributed by atoms with E-state index in [0.717, 1.165) is 0 Å². The van der Waals surface area contributed by atoms with Crippen LogP contribution in [0.15, 0.2) is 0 Å². The lowest BCUT2D eigenvalue weighted by molar-refractivity contribution is -0.119. The minimum Gasteiger partial charge on any atom is -0.369 e. The molecule has 0 spiro atoms. The van der Waals surface area contributed by atoms with Crippen LogP contribution in [0.4, 0.5) is 4.39 Å². The van der Waals surface area contributed by atoms with E-state index in [1.807, 2.05) is 0 Å². The maximum Gasteiger partial charge on any atom is 0.225 e. The van der Waals surface area contributed by atoms with E-state index in [0.29, 0.717) is 0 Å². The third-order valence-corrected chi connectivity index (χ3v) is 1.59. The van der Waals surface area contributed by atoms with E-state index in [2.05, 4.69) is 0 Å². The molecule has 0 radical (unpaired) electrons. The Morgan fingerprint density at radius 2 is 2.38 bits per heavy atom. The van der Waals surface area contributed by atoms with Gasteiger partial charge in [-0.25, -0.2) is 4.39 Å². The van der Waals surface area contributed by atoms with Gasteiger partial charge in [-0.3, -0.25) is 4.79 Å². The minimum atomic E-state index is -1.81. The van der Waals surface area contributed by atoms with Crippen LogP contribution in [-0.2, 0) is 4.79 Å². The van der Waals surface area contributed by atoms with Crippen molar-refractivity contribution >= 4 is 17.5 Å². The zero-order valence-corrected chi connectivity index (χ0v) is 4.78. The molecule has 0 saturated heterocycles. The van der Waals surface area contributed by atoms with E-state index in [9.17, 15) is 9.18 Å². The molecule has 1 saturated carbocycles. The van der Waals surface area contributed by atoms with Crippen LogP contribution in [0, 0.1) is 5.92 Å². The van der Waals surface area contributed by atoms with E-state index < -0.39 is 17.0 Å². The normalized spacial score (nSPS) is 44.0. The van der Waals surface area contributed by atoms with Crippen LogP contribution >= 0.6 is 11.6 Å². The molecule has 1 amide bonds. The van der Waals surface area contributed by atoms with Gasteiger partial charge in [0.1, 0.15) is 0 Å². The van der Waals surface area contributed by atoms with Crippen molar-refractivity contribution in [2.75, 3.05) is 0 Å². The predicted octanol–water partition coefficient (Wildman–Crippen LogP) is 0.396. The molecular weight excluding hydrogens is 133 g/mol. The Hall–Kier alpha value is -0.310. The minimum absolute atomic E-state index is 0.0733. The highest BCUT2D eigenvalue weighted by Crippen LogP contribution is 2.50. The lowest BCUT2D eigenvalue weighted by Gasteiger charge is -1.88. The number of carbonyl (C=O) groups is 1. The van der Waals surface area contributed by atoms with Crippen molar-refractivity contribution in [3.8, 4) is 0 Å². The number of halogens is 2. The first-order valence-corrected chi connectivity index (χ1v) is 2.59. The summed E-state index contributed by atoms with van der Waals surface area (Å²) < 4.78 is 12.2. The molecule has 2 N–H and O–H groups in total. The topological polar surface area (TPSA) is 43.1 Å². The standard InChI is InChI=1S/C4H5ClFNO/c5-4(6)1-2(4)3(7)8/h2H,1H2,(H2,7,8). The smallest absolute Gasteiger partial charge is 0.225 e. The van der Waals surface area contributed by atoms with Crippen molar-refractivity contribution in [1.82, 2.24) is 0 Å². The average molecular weight is 138 g/mol. The van der Waals surface area contributed by atoms with E-state index in [1.54, 1.807) is 0 Å². The second-order valence-corrected chi connectivity index (χ2v) is 2.55. The van der Waals surface area contributed by atoms with E-state index in [1.165, 1.54) is 0 Å². The molecule has 46 valence electrons. The van der Waals surface area contributed by atoms with Gasteiger partial charge in [0.2, 0.25) is 5.91 Å². The van der Waals surface area contributed by atoms with Crippen LogP contribution in [0.5, 0.6) is 0 Å². The van der Waals surface area contributed by atoms with Crippen molar-refractivity contribution in [2.45, 2.75) is 11.5 Å². The summed E-state index contributed by atoms with van der Waals surface area (Å²) in [6, 6.07) is 0. The zero-order valence-electron chi connectivity index (χ0n) is 4.03. The first kappa shape index (κ1) is 5.82. The largest absolute Gasteiger partial charge is 0.369 e. The zero-order chi connectivity index (χ0) is 6.36. The maximum absolute atomic E-state index is 12.2. The number of hydrogen-bond acceptors (Lipinski definition) is 1. The van der Waals surface area contributed by atoms with Crippen LogP contribution in [0.3, 0.4) is 0 Å². The molecule has 8 heavy (non-hydrogen) atoms. The van der Waals surface area contributed by atoms with Gasteiger partial charge in [-0.05, 0) is 0 Å². The summed E-state index contributed by atoms with van der Waals surface area (Å²) in [5.41, 5.74) is 4.71. The summed E-state index contributed by atoms with van der Waals surface area (Å²) in [6.45, 7) is 0. The number of hydrogen-bond donors (Lipinski definition) is 1. The fraction of sp³-hybridized carbons (Fsp3) is 0.750. The summed E-state index contributed by atoms with van der Waals surface area (Å²) in [5, 5.41) is -1.81. The summed E-state index contributed by atoms with van der Waals surface area (Å²) in [5.74, 6) is -1.40. The number of amides is 1. The highest BCUT2D eigenvalue weighted by Gasteiger charge is 2.57. The Balaban J connectivity index is 2.48. The molecular formula is C4H5ClFNO. The van der Waals surface area contributed by atoms with Crippen molar-refractivity contribution in [3.63, 3.8) is 0 Å². The Bertz CT molecular complexity index is 136. The molecule has 0 heterocycles. The molecule has 0 bridgehead atoms. The molecule has 0 aromatic rings. The molecule has 1 fully saturated rings.